The number of carbonyl (C=O) groups is 2. The van der Waals surface area contributed by atoms with E-state index in [1.807, 2.05) is 0 Å². The molecule has 2 aromatic carbocycles. The van der Waals surface area contributed by atoms with E-state index >= 15 is 0 Å². The van der Waals surface area contributed by atoms with Crippen molar-refractivity contribution in [2.75, 3.05) is 13.2 Å². The number of benzene rings is 2. The maximum Gasteiger partial charge on any atom is 0.223 e. The predicted molar refractivity (Wildman–Crippen MR) is 120 cm³/mol. The summed E-state index contributed by atoms with van der Waals surface area (Å²) in [4.78, 5) is 22.9. The zero-order valence-electron chi connectivity index (χ0n) is 18.9. The third-order valence-electron chi connectivity index (χ3n) is 5.49. The summed E-state index contributed by atoms with van der Waals surface area (Å²) in [6.45, 7) is 2.49. The third-order valence-corrected chi connectivity index (χ3v) is 5.49. The van der Waals surface area contributed by atoms with Gasteiger partial charge in [-0.2, -0.15) is 0 Å². The van der Waals surface area contributed by atoms with Gasteiger partial charge in [0.25, 0.3) is 0 Å². The van der Waals surface area contributed by atoms with E-state index in [2.05, 4.69) is 10.6 Å². The predicted octanol–water partition coefficient (Wildman–Crippen LogP) is 0.494. The highest BCUT2D eigenvalue weighted by molar-refractivity contribution is 5.74. The van der Waals surface area contributed by atoms with Crippen LogP contribution >= 0.6 is 0 Å². The van der Waals surface area contributed by atoms with Crippen molar-refractivity contribution in [2.24, 2.45) is 0 Å². The first kappa shape index (κ1) is 25.6. The van der Waals surface area contributed by atoms with Crippen molar-refractivity contribution in [3.63, 3.8) is 0 Å². The van der Waals surface area contributed by atoms with Crippen molar-refractivity contribution < 1.29 is 38.8 Å². The molecule has 5 N–H and O–H groups in total. The molecule has 3 rings (SSSR count). The van der Waals surface area contributed by atoms with Crippen LogP contribution in [0.25, 0.3) is 11.1 Å². The van der Waals surface area contributed by atoms with Crippen molar-refractivity contribution >= 4 is 11.8 Å². The van der Waals surface area contributed by atoms with E-state index in [1.165, 1.54) is 26.0 Å². The zero-order chi connectivity index (χ0) is 24.8. The summed E-state index contributed by atoms with van der Waals surface area (Å²) in [5, 5.41) is 35.4. The summed E-state index contributed by atoms with van der Waals surface area (Å²) in [5.74, 6) is -0.751. The highest BCUT2D eigenvalue weighted by Crippen LogP contribution is 2.31. The molecule has 0 spiro atoms. The first-order valence-electron chi connectivity index (χ1n) is 10.9. The van der Waals surface area contributed by atoms with Gasteiger partial charge in [-0.05, 0) is 47.4 Å². The summed E-state index contributed by atoms with van der Waals surface area (Å²) >= 11 is 0. The largest absolute Gasteiger partial charge is 0.463 e. The van der Waals surface area contributed by atoms with Gasteiger partial charge < -0.3 is 35.4 Å². The number of halogens is 1. The van der Waals surface area contributed by atoms with Crippen LogP contribution in [0.5, 0.6) is 5.75 Å². The maximum atomic E-state index is 13.9. The van der Waals surface area contributed by atoms with Gasteiger partial charge in [0, 0.05) is 20.4 Å². The van der Waals surface area contributed by atoms with Gasteiger partial charge in [-0.3, -0.25) is 9.59 Å². The molecule has 9 nitrogen and oxygen atoms in total. The van der Waals surface area contributed by atoms with Crippen LogP contribution < -0.4 is 15.4 Å². The number of amides is 2. The molecule has 184 valence electrons. The molecule has 34 heavy (non-hydrogen) atoms. The fourth-order valence-corrected chi connectivity index (χ4v) is 3.85. The molecule has 0 bridgehead atoms. The Kier molecular flexibility index (Phi) is 8.56. The van der Waals surface area contributed by atoms with Crippen LogP contribution in [-0.2, 0) is 20.7 Å². The van der Waals surface area contributed by atoms with Gasteiger partial charge >= 0.3 is 0 Å². The Balaban J connectivity index is 1.92. The Bertz CT molecular complexity index is 1020. The Morgan fingerprint density at radius 3 is 2.50 bits per heavy atom. The van der Waals surface area contributed by atoms with Crippen LogP contribution in [0.4, 0.5) is 4.39 Å². The monoisotopic (exact) mass is 476 g/mol. The second kappa shape index (κ2) is 11.4. The lowest BCUT2D eigenvalue weighted by molar-refractivity contribution is -0.244. The molecule has 5 atom stereocenters. The van der Waals surface area contributed by atoms with E-state index in [0.717, 1.165) is 5.56 Å². The Labute approximate surface area is 196 Å². The summed E-state index contributed by atoms with van der Waals surface area (Å²) < 4.78 is 25.5. The minimum absolute atomic E-state index is 0.162. The van der Waals surface area contributed by atoms with E-state index in [-0.39, 0.29) is 5.91 Å². The molecule has 1 saturated heterocycles. The SMILES string of the molecule is CC(=O)NCCc1ccc(OC2O[C@H](CO)[C@@H](O)[C@H](O)[C@H]2NC(C)=O)cc1-c1cccc(F)c1. The highest BCUT2D eigenvalue weighted by atomic mass is 19.1. The molecule has 1 fully saturated rings. The van der Waals surface area contributed by atoms with Crippen LogP contribution in [0.3, 0.4) is 0 Å². The number of aliphatic hydroxyl groups excluding tert-OH is 3. The lowest BCUT2D eigenvalue weighted by Crippen LogP contribution is -2.65. The average molecular weight is 477 g/mol. The van der Waals surface area contributed by atoms with Gasteiger partial charge in [0.1, 0.15) is 35.9 Å². The summed E-state index contributed by atoms with van der Waals surface area (Å²) in [5.41, 5.74) is 2.09. The standard InChI is InChI=1S/C24H29FN2O7/c1-13(29)26-9-8-15-6-7-18(11-19(15)16-4-3-5-17(25)10-16)33-24-21(27-14(2)30)23(32)22(31)20(12-28)34-24/h3-7,10-11,20-24,28,31-32H,8-9,12H2,1-2H3,(H,26,29)(H,27,30)/t20-,21-,22-,23-,24?/m1/s1. The van der Waals surface area contributed by atoms with Crippen LogP contribution in [-0.4, -0.2) is 70.9 Å². The van der Waals surface area contributed by atoms with Gasteiger partial charge in [-0.25, -0.2) is 4.39 Å². The topological polar surface area (TPSA) is 137 Å². The molecule has 1 aliphatic heterocycles. The molecule has 0 saturated carbocycles. The lowest BCUT2D eigenvalue weighted by Gasteiger charge is -2.42. The number of rotatable bonds is 8. The van der Waals surface area contributed by atoms with Crippen molar-refractivity contribution in [1.29, 1.82) is 0 Å². The van der Waals surface area contributed by atoms with Crippen LogP contribution in [0.2, 0.25) is 0 Å². The molecule has 10 heteroatoms. The molecule has 0 radical (unpaired) electrons. The smallest absolute Gasteiger partial charge is 0.223 e. The first-order chi connectivity index (χ1) is 16.2. The van der Waals surface area contributed by atoms with E-state index < -0.39 is 49.0 Å². The summed E-state index contributed by atoms with van der Waals surface area (Å²) in [6, 6.07) is 9.99. The van der Waals surface area contributed by atoms with Crippen LogP contribution in [0, 0.1) is 5.82 Å². The first-order valence-corrected chi connectivity index (χ1v) is 10.9. The van der Waals surface area contributed by atoms with E-state index in [4.69, 9.17) is 9.47 Å². The fraction of sp³-hybridized carbons (Fsp3) is 0.417. The van der Waals surface area contributed by atoms with Gasteiger partial charge in [-0.1, -0.05) is 18.2 Å². The average Bonchev–Trinajstić information content (AvgIpc) is 2.79. The molecule has 1 unspecified atom stereocenters. The number of aliphatic hydroxyl groups is 3. The normalized spacial score (nSPS) is 24.4. The van der Waals surface area contributed by atoms with Crippen molar-refractivity contribution in [2.45, 2.75) is 50.9 Å². The minimum atomic E-state index is -1.44. The molecule has 2 amide bonds. The zero-order valence-corrected chi connectivity index (χ0v) is 18.9. The van der Waals surface area contributed by atoms with E-state index in [1.54, 1.807) is 30.3 Å². The number of carbonyl (C=O) groups excluding carboxylic acids is 2. The fourth-order valence-electron chi connectivity index (χ4n) is 3.85. The molecule has 0 aromatic heterocycles. The number of ether oxygens (including phenoxy) is 2. The molecule has 0 aliphatic carbocycles. The molecule has 2 aromatic rings. The number of nitrogens with one attached hydrogen (secondary N) is 2. The second-order valence-corrected chi connectivity index (χ2v) is 8.11. The quantitative estimate of drug-likeness (QED) is 0.374. The highest BCUT2D eigenvalue weighted by Gasteiger charge is 2.46. The van der Waals surface area contributed by atoms with Gasteiger partial charge in [0.2, 0.25) is 18.1 Å². The van der Waals surface area contributed by atoms with E-state index in [0.29, 0.717) is 29.8 Å². The molecular formula is C24H29FN2O7. The Morgan fingerprint density at radius 1 is 1.09 bits per heavy atom. The van der Waals surface area contributed by atoms with Crippen molar-refractivity contribution in [3.8, 4) is 16.9 Å². The van der Waals surface area contributed by atoms with Gasteiger partial charge in [-0.15, -0.1) is 0 Å². The second-order valence-electron chi connectivity index (χ2n) is 8.11. The van der Waals surface area contributed by atoms with Gasteiger partial charge in [0.15, 0.2) is 0 Å². The van der Waals surface area contributed by atoms with Crippen LogP contribution in [0.15, 0.2) is 42.5 Å². The number of hydrogen-bond donors (Lipinski definition) is 5. The Hall–Kier alpha value is -3.05. The number of hydrogen-bond acceptors (Lipinski definition) is 7. The lowest BCUT2D eigenvalue weighted by atomic mass is 9.96. The summed E-state index contributed by atoms with van der Waals surface area (Å²) in [6.07, 6.45) is -4.73. The van der Waals surface area contributed by atoms with Crippen molar-refractivity contribution in [1.82, 2.24) is 10.6 Å². The van der Waals surface area contributed by atoms with E-state index in [9.17, 15) is 29.3 Å². The minimum Gasteiger partial charge on any atom is -0.463 e. The molecular weight excluding hydrogens is 447 g/mol. The maximum absolute atomic E-state index is 13.9. The summed E-state index contributed by atoms with van der Waals surface area (Å²) in [7, 11) is 0. The van der Waals surface area contributed by atoms with Crippen molar-refractivity contribution in [3.05, 3.63) is 53.8 Å². The van der Waals surface area contributed by atoms with Crippen LogP contribution in [0.1, 0.15) is 19.4 Å². The molecule has 1 aliphatic rings. The van der Waals surface area contributed by atoms with Gasteiger partial charge in [0.05, 0.1) is 6.61 Å². The third kappa shape index (κ3) is 6.29. The molecule has 1 heterocycles. The Morgan fingerprint density at radius 2 is 1.85 bits per heavy atom.